The fourth-order valence-corrected chi connectivity index (χ4v) is 4.30. The van der Waals surface area contributed by atoms with Crippen molar-refractivity contribution >= 4 is 16.9 Å². The highest BCUT2D eigenvalue weighted by Gasteiger charge is 2.23. The normalized spacial score (nSPS) is 19.8. The predicted molar refractivity (Wildman–Crippen MR) is 105 cm³/mol. The maximum absolute atomic E-state index is 12.5. The molecule has 2 N–H and O–H groups in total. The molecule has 0 radical (unpaired) electrons. The van der Waals surface area contributed by atoms with Gasteiger partial charge in [0.05, 0.1) is 0 Å². The van der Waals surface area contributed by atoms with Gasteiger partial charge in [0.1, 0.15) is 0 Å². The van der Waals surface area contributed by atoms with Gasteiger partial charge in [-0.05, 0) is 30.9 Å². The van der Waals surface area contributed by atoms with Crippen molar-refractivity contribution in [3.8, 4) is 0 Å². The Bertz CT molecular complexity index is 726. The number of urea groups is 1. The molecule has 1 aliphatic heterocycles. The molecule has 1 saturated carbocycles. The number of piperazine rings is 1. The van der Waals surface area contributed by atoms with Crippen molar-refractivity contribution in [1.29, 1.82) is 0 Å². The number of carbonyl (C=O) groups is 1. The molecule has 5 heteroatoms. The number of aromatic nitrogens is 1. The summed E-state index contributed by atoms with van der Waals surface area (Å²) in [6.07, 6.45) is 9.32. The Balaban J connectivity index is 1.22. The Morgan fingerprint density at radius 3 is 2.65 bits per heavy atom. The Kier molecular flexibility index (Phi) is 5.44. The molecule has 0 spiro atoms. The van der Waals surface area contributed by atoms with E-state index in [-0.39, 0.29) is 6.03 Å². The predicted octanol–water partition coefficient (Wildman–Crippen LogP) is 3.37. The SMILES string of the molecule is O=C(NC1CCCCC1)N1CCN(CCc2c[nH]c3ccccc23)CC1. The van der Waals surface area contributed by atoms with Gasteiger partial charge in [0.2, 0.25) is 0 Å². The molecular weight excluding hydrogens is 324 g/mol. The molecule has 1 saturated heterocycles. The van der Waals surface area contributed by atoms with Gasteiger partial charge in [-0.1, -0.05) is 37.5 Å². The fourth-order valence-electron chi connectivity index (χ4n) is 4.30. The highest BCUT2D eigenvalue weighted by molar-refractivity contribution is 5.83. The second-order valence-electron chi connectivity index (χ2n) is 7.72. The molecule has 0 bridgehead atoms. The summed E-state index contributed by atoms with van der Waals surface area (Å²) in [6.45, 7) is 4.68. The van der Waals surface area contributed by atoms with E-state index in [1.807, 2.05) is 4.90 Å². The highest BCUT2D eigenvalue weighted by Crippen LogP contribution is 2.19. The fraction of sp³-hybridized carbons (Fsp3) is 0.571. The van der Waals surface area contributed by atoms with E-state index in [2.05, 4.69) is 45.7 Å². The van der Waals surface area contributed by atoms with E-state index < -0.39 is 0 Å². The molecule has 140 valence electrons. The number of rotatable bonds is 4. The minimum Gasteiger partial charge on any atom is -0.361 e. The van der Waals surface area contributed by atoms with Crippen molar-refractivity contribution in [3.05, 3.63) is 36.0 Å². The van der Waals surface area contributed by atoms with Crippen molar-refractivity contribution in [2.24, 2.45) is 0 Å². The maximum atomic E-state index is 12.5. The van der Waals surface area contributed by atoms with E-state index in [1.165, 1.54) is 35.7 Å². The number of hydrogen-bond donors (Lipinski definition) is 2. The first-order valence-electron chi connectivity index (χ1n) is 10.1. The molecule has 4 rings (SSSR count). The van der Waals surface area contributed by atoms with Crippen LogP contribution in [0.5, 0.6) is 0 Å². The molecule has 26 heavy (non-hydrogen) atoms. The average molecular weight is 354 g/mol. The summed E-state index contributed by atoms with van der Waals surface area (Å²) in [6, 6.07) is 9.03. The van der Waals surface area contributed by atoms with Crippen molar-refractivity contribution in [1.82, 2.24) is 20.1 Å². The van der Waals surface area contributed by atoms with Crippen LogP contribution in [-0.2, 0) is 6.42 Å². The summed E-state index contributed by atoms with van der Waals surface area (Å²) < 4.78 is 0. The number of nitrogens with zero attached hydrogens (tertiary/aromatic N) is 2. The zero-order valence-electron chi connectivity index (χ0n) is 15.5. The second kappa shape index (κ2) is 8.12. The molecule has 0 unspecified atom stereocenters. The summed E-state index contributed by atoms with van der Waals surface area (Å²) in [4.78, 5) is 20.3. The van der Waals surface area contributed by atoms with Crippen molar-refractivity contribution < 1.29 is 4.79 Å². The summed E-state index contributed by atoms with van der Waals surface area (Å²) in [7, 11) is 0. The molecule has 0 atom stereocenters. The lowest BCUT2D eigenvalue weighted by molar-refractivity contribution is 0.136. The molecule has 1 aliphatic carbocycles. The summed E-state index contributed by atoms with van der Waals surface area (Å²) in [5.74, 6) is 0. The number of benzene rings is 1. The molecule has 2 aliphatic rings. The molecule has 1 aromatic heterocycles. The van der Waals surface area contributed by atoms with Crippen molar-refractivity contribution in [3.63, 3.8) is 0 Å². The summed E-state index contributed by atoms with van der Waals surface area (Å²) >= 11 is 0. The van der Waals surface area contributed by atoms with E-state index in [1.54, 1.807) is 0 Å². The average Bonchev–Trinajstić information content (AvgIpc) is 3.11. The van der Waals surface area contributed by atoms with Gasteiger partial charge in [0.25, 0.3) is 0 Å². The molecule has 1 aromatic carbocycles. The van der Waals surface area contributed by atoms with Crippen LogP contribution in [0.2, 0.25) is 0 Å². The number of para-hydroxylation sites is 1. The lowest BCUT2D eigenvalue weighted by Crippen LogP contribution is -2.53. The molecule has 2 heterocycles. The third kappa shape index (κ3) is 4.04. The van der Waals surface area contributed by atoms with Gasteiger partial charge < -0.3 is 15.2 Å². The van der Waals surface area contributed by atoms with Crippen LogP contribution in [-0.4, -0.2) is 59.6 Å². The zero-order valence-corrected chi connectivity index (χ0v) is 15.5. The standard InChI is InChI=1S/C21H30N4O/c26-21(23-18-6-2-1-3-7-18)25-14-12-24(13-15-25)11-10-17-16-22-20-9-5-4-8-19(17)20/h4-5,8-9,16,18,22H,1-3,6-7,10-15H2,(H,23,26). The van der Waals surface area contributed by atoms with Gasteiger partial charge in [-0.2, -0.15) is 0 Å². The third-order valence-electron chi connectivity index (χ3n) is 5.96. The van der Waals surface area contributed by atoms with Gasteiger partial charge in [0.15, 0.2) is 0 Å². The van der Waals surface area contributed by atoms with Crippen molar-refractivity contribution in [2.75, 3.05) is 32.7 Å². The zero-order chi connectivity index (χ0) is 17.8. The molecule has 2 aromatic rings. The molecular formula is C21H30N4O. The number of hydrogen-bond acceptors (Lipinski definition) is 2. The highest BCUT2D eigenvalue weighted by atomic mass is 16.2. The van der Waals surface area contributed by atoms with E-state index in [9.17, 15) is 4.79 Å². The molecule has 2 amide bonds. The number of amides is 2. The van der Waals surface area contributed by atoms with E-state index in [0.717, 1.165) is 52.0 Å². The van der Waals surface area contributed by atoms with Crippen LogP contribution in [0.25, 0.3) is 10.9 Å². The minimum absolute atomic E-state index is 0.146. The van der Waals surface area contributed by atoms with Crippen LogP contribution >= 0.6 is 0 Å². The Hall–Kier alpha value is -2.01. The van der Waals surface area contributed by atoms with Crippen LogP contribution < -0.4 is 5.32 Å². The first-order valence-corrected chi connectivity index (χ1v) is 10.1. The van der Waals surface area contributed by atoms with Gasteiger partial charge in [0, 0.05) is 55.9 Å². The Morgan fingerprint density at radius 2 is 1.85 bits per heavy atom. The number of aromatic amines is 1. The van der Waals surface area contributed by atoms with Crippen LogP contribution in [0.1, 0.15) is 37.7 Å². The lowest BCUT2D eigenvalue weighted by Gasteiger charge is -2.36. The van der Waals surface area contributed by atoms with Gasteiger partial charge in [-0.15, -0.1) is 0 Å². The minimum atomic E-state index is 0.146. The first-order chi connectivity index (χ1) is 12.8. The van der Waals surface area contributed by atoms with Crippen LogP contribution in [0, 0.1) is 0 Å². The quantitative estimate of drug-likeness (QED) is 0.884. The van der Waals surface area contributed by atoms with E-state index >= 15 is 0 Å². The lowest BCUT2D eigenvalue weighted by atomic mass is 9.96. The monoisotopic (exact) mass is 354 g/mol. The molecule has 5 nitrogen and oxygen atoms in total. The number of fused-ring (bicyclic) bond motifs is 1. The maximum Gasteiger partial charge on any atom is 0.317 e. The third-order valence-corrected chi connectivity index (χ3v) is 5.96. The number of nitrogens with one attached hydrogen (secondary N) is 2. The summed E-state index contributed by atoms with van der Waals surface area (Å²) in [5, 5.41) is 4.57. The van der Waals surface area contributed by atoms with Crippen LogP contribution in [0.3, 0.4) is 0 Å². The Morgan fingerprint density at radius 1 is 1.08 bits per heavy atom. The van der Waals surface area contributed by atoms with E-state index in [0.29, 0.717) is 6.04 Å². The van der Waals surface area contributed by atoms with Gasteiger partial charge in [-0.25, -0.2) is 4.79 Å². The van der Waals surface area contributed by atoms with Gasteiger partial charge in [-0.3, -0.25) is 4.90 Å². The van der Waals surface area contributed by atoms with Crippen molar-refractivity contribution in [2.45, 2.75) is 44.6 Å². The second-order valence-corrected chi connectivity index (χ2v) is 7.72. The topological polar surface area (TPSA) is 51.4 Å². The van der Waals surface area contributed by atoms with E-state index in [4.69, 9.17) is 0 Å². The number of H-pyrrole nitrogens is 1. The smallest absolute Gasteiger partial charge is 0.317 e. The Labute approximate surface area is 155 Å². The first kappa shape index (κ1) is 17.4. The number of carbonyl (C=O) groups excluding carboxylic acids is 1. The molecule has 2 fully saturated rings. The van der Waals surface area contributed by atoms with Crippen LogP contribution in [0.15, 0.2) is 30.5 Å². The van der Waals surface area contributed by atoms with Crippen LogP contribution in [0.4, 0.5) is 4.79 Å². The summed E-state index contributed by atoms with van der Waals surface area (Å²) in [5.41, 5.74) is 2.60. The van der Waals surface area contributed by atoms with Gasteiger partial charge >= 0.3 is 6.03 Å². The largest absolute Gasteiger partial charge is 0.361 e.